The van der Waals surface area contributed by atoms with Crippen molar-refractivity contribution in [1.82, 2.24) is 10.3 Å². The van der Waals surface area contributed by atoms with Gasteiger partial charge in [-0.3, -0.25) is 0 Å². The topological polar surface area (TPSA) is 37.0 Å². The van der Waals surface area contributed by atoms with Gasteiger partial charge in [0.25, 0.3) is 0 Å². The van der Waals surface area contributed by atoms with Crippen LogP contribution in [0.5, 0.6) is 5.75 Å². The summed E-state index contributed by atoms with van der Waals surface area (Å²) in [6.45, 7) is 6.63. The molecule has 1 aromatic carbocycles. The molecule has 3 rings (SSSR count). The van der Waals surface area contributed by atoms with E-state index in [4.69, 9.17) is 4.74 Å². The Morgan fingerprint density at radius 3 is 2.58 bits per heavy atom. The third-order valence-electron chi connectivity index (χ3n) is 4.33. The van der Waals surface area contributed by atoms with E-state index in [1.54, 1.807) is 7.11 Å². The summed E-state index contributed by atoms with van der Waals surface area (Å²) in [6, 6.07) is 4.22. The summed E-state index contributed by atoms with van der Waals surface area (Å²) in [4.78, 5) is 3.54. The molecule has 2 aromatic rings. The average Bonchev–Trinajstić information content (AvgIpc) is 2.78. The molecule has 1 aliphatic rings. The number of fused-ring (bicyclic) bond motifs is 1. The maximum atomic E-state index is 5.49. The molecule has 3 nitrogen and oxygen atoms in total. The van der Waals surface area contributed by atoms with Crippen molar-refractivity contribution in [3.8, 4) is 5.75 Å². The molecule has 1 fully saturated rings. The third kappa shape index (κ3) is 2.02. The number of methoxy groups -OCH3 is 1. The number of aryl methyl sites for hydroxylation is 2. The van der Waals surface area contributed by atoms with Gasteiger partial charge in [-0.15, -0.1) is 0 Å². The van der Waals surface area contributed by atoms with E-state index < -0.39 is 0 Å². The van der Waals surface area contributed by atoms with Crippen LogP contribution in [0.15, 0.2) is 12.1 Å². The summed E-state index contributed by atoms with van der Waals surface area (Å²) in [5.74, 6) is 1.62. The molecule has 1 saturated heterocycles. The number of hydrogen-bond acceptors (Lipinski definition) is 2. The van der Waals surface area contributed by atoms with Crippen LogP contribution in [0.2, 0.25) is 0 Å². The van der Waals surface area contributed by atoms with Crippen LogP contribution < -0.4 is 10.1 Å². The summed E-state index contributed by atoms with van der Waals surface area (Å²) in [5.41, 5.74) is 5.31. The summed E-state index contributed by atoms with van der Waals surface area (Å²) >= 11 is 0. The van der Waals surface area contributed by atoms with E-state index in [0.717, 1.165) is 24.4 Å². The van der Waals surface area contributed by atoms with Crippen molar-refractivity contribution in [2.45, 2.75) is 32.6 Å². The molecule has 0 aliphatic carbocycles. The van der Waals surface area contributed by atoms with Crippen LogP contribution in [0.1, 0.15) is 35.6 Å². The minimum atomic E-state index is 0.667. The lowest BCUT2D eigenvalue weighted by atomic mass is 9.87. The highest BCUT2D eigenvalue weighted by atomic mass is 16.5. The molecule has 0 saturated carbocycles. The number of piperidine rings is 1. The first-order valence-electron chi connectivity index (χ1n) is 7.09. The van der Waals surface area contributed by atoms with Gasteiger partial charge in [0.05, 0.1) is 12.6 Å². The Morgan fingerprint density at radius 2 is 1.89 bits per heavy atom. The molecule has 3 heteroatoms. The quantitative estimate of drug-likeness (QED) is 0.867. The molecular weight excluding hydrogens is 236 g/mol. The Labute approximate surface area is 114 Å². The highest BCUT2D eigenvalue weighted by Crippen LogP contribution is 2.39. The van der Waals surface area contributed by atoms with Gasteiger partial charge in [0.15, 0.2) is 0 Å². The molecular formula is C16H22N2O. The average molecular weight is 258 g/mol. The minimum Gasteiger partial charge on any atom is -0.495 e. The van der Waals surface area contributed by atoms with E-state index >= 15 is 0 Å². The smallest absolute Gasteiger partial charge is 0.142 e. The number of nitrogens with one attached hydrogen (secondary N) is 2. The largest absolute Gasteiger partial charge is 0.495 e. The van der Waals surface area contributed by atoms with Crippen molar-refractivity contribution in [2.75, 3.05) is 20.2 Å². The second-order valence-corrected chi connectivity index (χ2v) is 5.52. The standard InChI is InChI=1S/C16H22N2O/c1-10-4-5-13(19-3)16-14(10)15(11(2)18-16)12-6-8-17-9-7-12/h4-5,12,17-18H,6-9H2,1-3H3. The summed E-state index contributed by atoms with van der Waals surface area (Å²) < 4.78 is 5.49. The van der Waals surface area contributed by atoms with Crippen molar-refractivity contribution in [2.24, 2.45) is 0 Å². The number of benzene rings is 1. The molecule has 0 spiro atoms. The highest BCUT2D eigenvalue weighted by Gasteiger charge is 2.23. The third-order valence-corrected chi connectivity index (χ3v) is 4.33. The summed E-state index contributed by atoms with van der Waals surface area (Å²) in [5, 5.41) is 4.82. The van der Waals surface area contributed by atoms with Crippen LogP contribution in [0.4, 0.5) is 0 Å². The molecule has 1 aromatic heterocycles. The minimum absolute atomic E-state index is 0.667. The predicted octanol–water partition coefficient (Wildman–Crippen LogP) is 3.26. The Bertz CT molecular complexity index is 594. The SMILES string of the molecule is COc1ccc(C)c2c(C3CCNCC3)c(C)[nH]c12. The highest BCUT2D eigenvalue weighted by molar-refractivity contribution is 5.92. The lowest BCUT2D eigenvalue weighted by Gasteiger charge is -2.23. The second kappa shape index (κ2) is 4.89. The van der Waals surface area contributed by atoms with Gasteiger partial charge in [-0.2, -0.15) is 0 Å². The van der Waals surface area contributed by atoms with E-state index in [2.05, 4.69) is 36.3 Å². The lowest BCUT2D eigenvalue weighted by Crippen LogP contribution is -2.26. The van der Waals surface area contributed by atoms with Gasteiger partial charge in [-0.25, -0.2) is 0 Å². The molecule has 0 unspecified atom stereocenters. The van der Waals surface area contributed by atoms with Crippen LogP contribution in [0, 0.1) is 13.8 Å². The van der Waals surface area contributed by atoms with Gasteiger partial charge in [0.2, 0.25) is 0 Å². The van der Waals surface area contributed by atoms with E-state index in [9.17, 15) is 0 Å². The zero-order valence-corrected chi connectivity index (χ0v) is 12.0. The number of aromatic nitrogens is 1. The van der Waals surface area contributed by atoms with Crippen molar-refractivity contribution in [1.29, 1.82) is 0 Å². The Morgan fingerprint density at radius 1 is 1.16 bits per heavy atom. The van der Waals surface area contributed by atoms with Crippen molar-refractivity contribution < 1.29 is 4.74 Å². The van der Waals surface area contributed by atoms with Crippen LogP contribution in [0.25, 0.3) is 10.9 Å². The molecule has 19 heavy (non-hydrogen) atoms. The Hall–Kier alpha value is -1.48. The molecule has 102 valence electrons. The van der Waals surface area contributed by atoms with Gasteiger partial charge < -0.3 is 15.0 Å². The van der Waals surface area contributed by atoms with Crippen molar-refractivity contribution in [3.05, 3.63) is 29.0 Å². The fourth-order valence-corrected chi connectivity index (χ4v) is 3.39. The second-order valence-electron chi connectivity index (χ2n) is 5.52. The first-order chi connectivity index (χ1) is 9.22. The molecule has 2 heterocycles. The summed E-state index contributed by atoms with van der Waals surface area (Å²) in [7, 11) is 1.74. The molecule has 2 N–H and O–H groups in total. The van der Waals surface area contributed by atoms with Crippen LogP contribution in [0.3, 0.4) is 0 Å². The molecule has 0 amide bonds. The Balaban J connectivity index is 2.20. The molecule has 0 radical (unpaired) electrons. The van der Waals surface area contributed by atoms with Gasteiger partial charge >= 0.3 is 0 Å². The molecule has 0 bridgehead atoms. The van der Waals surface area contributed by atoms with Crippen molar-refractivity contribution in [3.63, 3.8) is 0 Å². The van der Waals surface area contributed by atoms with Crippen molar-refractivity contribution >= 4 is 10.9 Å². The molecule has 0 atom stereocenters. The lowest BCUT2D eigenvalue weighted by molar-refractivity contribution is 0.419. The number of rotatable bonds is 2. The van der Waals surface area contributed by atoms with Crippen LogP contribution >= 0.6 is 0 Å². The van der Waals surface area contributed by atoms with Gasteiger partial charge in [-0.1, -0.05) is 6.07 Å². The zero-order valence-electron chi connectivity index (χ0n) is 12.0. The monoisotopic (exact) mass is 258 g/mol. The van der Waals surface area contributed by atoms with Gasteiger partial charge in [0.1, 0.15) is 5.75 Å². The van der Waals surface area contributed by atoms with Crippen LogP contribution in [-0.2, 0) is 0 Å². The van der Waals surface area contributed by atoms with E-state index in [1.807, 2.05) is 0 Å². The molecule has 1 aliphatic heterocycles. The maximum Gasteiger partial charge on any atom is 0.142 e. The number of aromatic amines is 1. The normalized spacial score (nSPS) is 17.0. The number of hydrogen-bond donors (Lipinski definition) is 2. The first-order valence-corrected chi connectivity index (χ1v) is 7.09. The number of ether oxygens (including phenoxy) is 1. The zero-order chi connectivity index (χ0) is 13.4. The first kappa shape index (κ1) is 12.5. The van der Waals surface area contributed by atoms with Gasteiger partial charge in [-0.05, 0) is 62.9 Å². The van der Waals surface area contributed by atoms with E-state index in [0.29, 0.717) is 5.92 Å². The van der Waals surface area contributed by atoms with E-state index in [-0.39, 0.29) is 0 Å². The Kier molecular flexibility index (Phi) is 3.23. The number of H-pyrrole nitrogens is 1. The fourth-order valence-electron chi connectivity index (χ4n) is 3.39. The van der Waals surface area contributed by atoms with Crippen LogP contribution in [-0.4, -0.2) is 25.2 Å². The van der Waals surface area contributed by atoms with Gasteiger partial charge in [0, 0.05) is 11.1 Å². The fraction of sp³-hybridized carbons (Fsp3) is 0.500. The maximum absolute atomic E-state index is 5.49. The van der Waals surface area contributed by atoms with E-state index in [1.165, 1.54) is 35.0 Å². The summed E-state index contributed by atoms with van der Waals surface area (Å²) in [6.07, 6.45) is 2.45. The predicted molar refractivity (Wildman–Crippen MR) is 79.2 cm³/mol.